The van der Waals surface area contributed by atoms with Gasteiger partial charge in [0.1, 0.15) is 5.69 Å². The Bertz CT molecular complexity index is 837. The average Bonchev–Trinajstić information content (AvgIpc) is 2.62. The van der Waals surface area contributed by atoms with E-state index in [1.165, 1.54) is 0 Å². The first-order valence-electron chi connectivity index (χ1n) is 7.52. The van der Waals surface area contributed by atoms with E-state index in [-0.39, 0.29) is 5.91 Å². The minimum Gasteiger partial charge on any atom is -0.381 e. The number of hydrogen-bond acceptors (Lipinski definition) is 3. The number of anilines is 2. The summed E-state index contributed by atoms with van der Waals surface area (Å²) in [5, 5.41) is 6.78. The molecular weight excluding hydrogens is 322 g/mol. The van der Waals surface area contributed by atoms with Crippen LogP contribution in [-0.2, 0) is 6.54 Å². The summed E-state index contributed by atoms with van der Waals surface area (Å²) < 4.78 is 0. The summed E-state index contributed by atoms with van der Waals surface area (Å²) in [6.45, 7) is 0.573. The molecule has 0 fully saturated rings. The molecule has 0 saturated heterocycles. The van der Waals surface area contributed by atoms with Gasteiger partial charge in [-0.1, -0.05) is 48.0 Å². The number of halogens is 1. The van der Waals surface area contributed by atoms with Crippen LogP contribution in [0.5, 0.6) is 0 Å². The van der Waals surface area contributed by atoms with Crippen molar-refractivity contribution >= 4 is 28.9 Å². The second-order valence-corrected chi connectivity index (χ2v) is 5.60. The van der Waals surface area contributed by atoms with Gasteiger partial charge in [-0.25, -0.2) is 0 Å². The Kier molecular flexibility index (Phi) is 5.08. The maximum Gasteiger partial charge on any atom is 0.274 e. The molecule has 24 heavy (non-hydrogen) atoms. The van der Waals surface area contributed by atoms with Gasteiger partial charge in [-0.2, -0.15) is 0 Å². The van der Waals surface area contributed by atoms with Gasteiger partial charge < -0.3 is 10.6 Å². The fourth-order valence-corrected chi connectivity index (χ4v) is 2.42. The molecule has 120 valence electrons. The topological polar surface area (TPSA) is 54.0 Å². The van der Waals surface area contributed by atoms with Crippen molar-refractivity contribution in [2.45, 2.75) is 6.54 Å². The molecule has 5 heteroatoms. The second kappa shape index (κ2) is 7.62. The molecule has 1 heterocycles. The number of nitrogens with zero attached hydrogens (tertiary/aromatic N) is 1. The average molecular weight is 338 g/mol. The zero-order chi connectivity index (χ0) is 16.8. The molecule has 4 nitrogen and oxygen atoms in total. The van der Waals surface area contributed by atoms with Gasteiger partial charge in [0.05, 0.1) is 0 Å². The first kappa shape index (κ1) is 16.0. The van der Waals surface area contributed by atoms with Crippen LogP contribution in [0.2, 0.25) is 5.02 Å². The number of carbonyl (C=O) groups is 1. The molecule has 1 amide bonds. The van der Waals surface area contributed by atoms with Gasteiger partial charge in [0.15, 0.2) is 0 Å². The Labute approximate surface area is 145 Å². The molecule has 0 aliphatic carbocycles. The lowest BCUT2D eigenvalue weighted by Crippen LogP contribution is -2.14. The number of aromatic nitrogens is 1. The van der Waals surface area contributed by atoms with E-state index in [0.29, 0.717) is 17.3 Å². The lowest BCUT2D eigenvalue weighted by molar-refractivity contribution is 0.102. The number of para-hydroxylation sites is 1. The zero-order valence-corrected chi connectivity index (χ0v) is 13.6. The summed E-state index contributed by atoms with van der Waals surface area (Å²) in [5.74, 6) is -0.248. The highest BCUT2D eigenvalue weighted by molar-refractivity contribution is 6.31. The van der Waals surface area contributed by atoms with Gasteiger partial charge >= 0.3 is 0 Å². The SMILES string of the molecule is O=C(Nc1ccccc1)c1cc(NCc2ccccc2Cl)ccn1. The molecule has 0 aliphatic heterocycles. The normalized spacial score (nSPS) is 10.2. The maximum absolute atomic E-state index is 12.3. The van der Waals surface area contributed by atoms with Crippen molar-refractivity contribution in [1.82, 2.24) is 4.98 Å². The molecule has 0 unspecified atom stereocenters. The van der Waals surface area contributed by atoms with Crippen LogP contribution in [0.25, 0.3) is 0 Å². The molecule has 0 aliphatic rings. The Morgan fingerprint density at radius 1 is 0.958 bits per heavy atom. The van der Waals surface area contributed by atoms with Crippen molar-refractivity contribution in [2.75, 3.05) is 10.6 Å². The third-order valence-electron chi connectivity index (χ3n) is 3.47. The molecule has 3 aromatic rings. The summed E-state index contributed by atoms with van der Waals surface area (Å²) in [6.07, 6.45) is 1.61. The van der Waals surface area contributed by atoms with Gasteiger partial charge in [-0.3, -0.25) is 9.78 Å². The zero-order valence-electron chi connectivity index (χ0n) is 12.9. The van der Waals surface area contributed by atoms with Crippen LogP contribution < -0.4 is 10.6 Å². The second-order valence-electron chi connectivity index (χ2n) is 5.19. The molecule has 0 atom stereocenters. The molecule has 2 N–H and O–H groups in total. The predicted molar refractivity (Wildman–Crippen MR) is 97.4 cm³/mol. The van der Waals surface area contributed by atoms with Crippen LogP contribution in [0.1, 0.15) is 16.1 Å². The smallest absolute Gasteiger partial charge is 0.274 e. The van der Waals surface area contributed by atoms with Gasteiger partial charge in [-0.15, -0.1) is 0 Å². The van der Waals surface area contributed by atoms with Crippen LogP contribution in [0.3, 0.4) is 0 Å². The van der Waals surface area contributed by atoms with E-state index in [9.17, 15) is 4.79 Å². The molecule has 3 rings (SSSR count). The number of carbonyl (C=O) groups excluding carboxylic acids is 1. The van der Waals surface area contributed by atoms with Gasteiger partial charge in [0, 0.05) is 29.1 Å². The van der Waals surface area contributed by atoms with Crippen molar-refractivity contribution in [2.24, 2.45) is 0 Å². The summed E-state index contributed by atoms with van der Waals surface area (Å²) in [6, 6.07) is 20.5. The van der Waals surface area contributed by atoms with Crippen molar-refractivity contribution in [3.8, 4) is 0 Å². The predicted octanol–water partition coefficient (Wildman–Crippen LogP) is 4.60. The highest BCUT2D eigenvalue weighted by Gasteiger charge is 2.08. The van der Waals surface area contributed by atoms with Crippen LogP contribution in [0.15, 0.2) is 72.9 Å². The molecule has 0 saturated carbocycles. The quantitative estimate of drug-likeness (QED) is 0.715. The lowest BCUT2D eigenvalue weighted by atomic mass is 10.2. The van der Waals surface area contributed by atoms with E-state index in [4.69, 9.17) is 11.6 Å². The van der Waals surface area contributed by atoms with E-state index in [1.807, 2.05) is 60.7 Å². The fourth-order valence-electron chi connectivity index (χ4n) is 2.22. The van der Waals surface area contributed by atoms with Crippen molar-refractivity contribution < 1.29 is 4.79 Å². The molecular formula is C19H16ClN3O. The first-order chi connectivity index (χ1) is 11.7. The van der Waals surface area contributed by atoms with Crippen LogP contribution in [-0.4, -0.2) is 10.9 Å². The molecule has 0 radical (unpaired) electrons. The van der Waals surface area contributed by atoms with Gasteiger partial charge in [0.2, 0.25) is 0 Å². The van der Waals surface area contributed by atoms with Crippen LogP contribution in [0.4, 0.5) is 11.4 Å². The summed E-state index contributed by atoms with van der Waals surface area (Å²) in [5.41, 5.74) is 2.89. The standard InChI is InChI=1S/C19H16ClN3O/c20-17-9-5-4-6-14(17)13-22-16-10-11-21-18(12-16)19(24)23-15-7-2-1-3-8-15/h1-12H,13H2,(H,21,22)(H,23,24). The third kappa shape index (κ3) is 4.12. The highest BCUT2D eigenvalue weighted by atomic mass is 35.5. The number of benzene rings is 2. The summed E-state index contributed by atoms with van der Waals surface area (Å²) in [7, 11) is 0. The maximum atomic E-state index is 12.3. The number of pyridine rings is 1. The monoisotopic (exact) mass is 337 g/mol. The third-order valence-corrected chi connectivity index (χ3v) is 3.83. The van der Waals surface area contributed by atoms with E-state index in [0.717, 1.165) is 16.9 Å². The number of nitrogens with one attached hydrogen (secondary N) is 2. The Morgan fingerprint density at radius 3 is 2.50 bits per heavy atom. The fraction of sp³-hybridized carbons (Fsp3) is 0.0526. The van der Waals surface area contributed by atoms with E-state index < -0.39 is 0 Å². The first-order valence-corrected chi connectivity index (χ1v) is 7.90. The molecule has 0 spiro atoms. The van der Waals surface area contributed by atoms with Crippen LogP contribution >= 0.6 is 11.6 Å². The molecule has 1 aromatic heterocycles. The summed E-state index contributed by atoms with van der Waals surface area (Å²) >= 11 is 6.15. The minimum absolute atomic E-state index is 0.248. The van der Waals surface area contributed by atoms with Crippen LogP contribution in [0, 0.1) is 0 Å². The highest BCUT2D eigenvalue weighted by Crippen LogP contribution is 2.17. The molecule has 0 bridgehead atoms. The Balaban J connectivity index is 1.68. The Hall–Kier alpha value is -2.85. The van der Waals surface area contributed by atoms with E-state index >= 15 is 0 Å². The lowest BCUT2D eigenvalue weighted by Gasteiger charge is -2.09. The number of rotatable bonds is 5. The van der Waals surface area contributed by atoms with Crippen molar-refractivity contribution in [3.05, 3.63) is 89.2 Å². The van der Waals surface area contributed by atoms with Gasteiger partial charge in [-0.05, 0) is 35.9 Å². The minimum atomic E-state index is -0.248. The van der Waals surface area contributed by atoms with Gasteiger partial charge in [0.25, 0.3) is 5.91 Å². The Morgan fingerprint density at radius 2 is 1.71 bits per heavy atom. The number of hydrogen-bond donors (Lipinski definition) is 2. The van der Waals surface area contributed by atoms with E-state index in [1.54, 1.807) is 12.3 Å². The van der Waals surface area contributed by atoms with E-state index in [2.05, 4.69) is 15.6 Å². The molecule has 2 aromatic carbocycles. The number of amides is 1. The van der Waals surface area contributed by atoms with Crippen molar-refractivity contribution in [1.29, 1.82) is 0 Å². The largest absolute Gasteiger partial charge is 0.381 e. The summed E-state index contributed by atoms with van der Waals surface area (Å²) in [4.78, 5) is 16.4. The van der Waals surface area contributed by atoms with Crippen molar-refractivity contribution in [3.63, 3.8) is 0 Å².